The summed E-state index contributed by atoms with van der Waals surface area (Å²) in [5.74, 6) is 0. The average molecular weight is 290 g/mol. The third-order valence-electron chi connectivity index (χ3n) is 4.43. The highest BCUT2D eigenvalue weighted by Crippen LogP contribution is 2.35. The van der Waals surface area contributed by atoms with Gasteiger partial charge in [-0.05, 0) is 51.0 Å². The summed E-state index contributed by atoms with van der Waals surface area (Å²) in [5.41, 5.74) is 1.53. The Balaban J connectivity index is 1.43. The van der Waals surface area contributed by atoms with Gasteiger partial charge in [0.15, 0.2) is 0 Å². The minimum absolute atomic E-state index is 0.0715. The second-order valence-electron chi connectivity index (χ2n) is 6.17. The summed E-state index contributed by atoms with van der Waals surface area (Å²) in [6.45, 7) is 4.57. The second-order valence-corrected chi connectivity index (χ2v) is 6.17. The van der Waals surface area contributed by atoms with Crippen molar-refractivity contribution in [2.24, 2.45) is 0 Å². The number of benzene rings is 1. The molecule has 0 aromatic heterocycles. The van der Waals surface area contributed by atoms with Gasteiger partial charge >= 0.3 is 0 Å². The van der Waals surface area contributed by atoms with E-state index in [-0.39, 0.29) is 5.60 Å². The van der Waals surface area contributed by atoms with Gasteiger partial charge in [0.2, 0.25) is 0 Å². The summed E-state index contributed by atoms with van der Waals surface area (Å²) in [4.78, 5) is 0. The minimum atomic E-state index is 0.0715. The number of unbranched alkanes of at least 4 members (excludes halogenated alkanes) is 3. The summed E-state index contributed by atoms with van der Waals surface area (Å²) < 4.78 is 11.7. The van der Waals surface area contributed by atoms with Crippen LogP contribution < -0.4 is 0 Å². The minimum Gasteiger partial charge on any atom is -0.378 e. The lowest BCUT2D eigenvalue weighted by atomic mass is 9.80. The molecular weight excluding hydrogens is 260 g/mol. The molecule has 1 aliphatic carbocycles. The van der Waals surface area contributed by atoms with Crippen molar-refractivity contribution in [1.82, 2.24) is 0 Å². The van der Waals surface area contributed by atoms with Crippen LogP contribution >= 0.6 is 0 Å². The van der Waals surface area contributed by atoms with Gasteiger partial charge in [0.1, 0.15) is 0 Å². The SMILES string of the molecule is CCOC1(COCCCCCCc2ccccc2)CCC1. The van der Waals surface area contributed by atoms with Crippen molar-refractivity contribution in [2.45, 2.75) is 63.9 Å². The molecule has 1 saturated carbocycles. The fraction of sp³-hybridized carbons (Fsp3) is 0.684. The highest BCUT2D eigenvalue weighted by atomic mass is 16.5. The number of hydrogen-bond donors (Lipinski definition) is 0. The first-order valence-corrected chi connectivity index (χ1v) is 8.60. The van der Waals surface area contributed by atoms with E-state index in [0.29, 0.717) is 0 Å². The lowest BCUT2D eigenvalue weighted by Gasteiger charge is -2.41. The Morgan fingerprint density at radius 2 is 1.76 bits per heavy atom. The first-order valence-electron chi connectivity index (χ1n) is 8.60. The molecule has 1 aromatic rings. The Morgan fingerprint density at radius 3 is 2.43 bits per heavy atom. The van der Waals surface area contributed by atoms with Crippen LogP contribution in [0.5, 0.6) is 0 Å². The zero-order chi connectivity index (χ0) is 14.8. The Hall–Kier alpha value is -0.860. The van der Waals surface area contributed by atoms with E-state index in [2.05, 4.69) is 37.3 Å². The monoisotopic (exact) mass is 290 g/mol. The van der Waals surface area contributed by atoms with Gasteiger partial charge in [0.05, 0.1) is 12.2 Å². The molecule has 0 atom stereocenters. The molecule has 21 heavy (non-hydrogen) atoms. The van der Waals surface area contributed by atoms with Crippen molar-refractivity contribution in [3.05, 3.63) is 35.9 Å². The first kappa shape index (κ1) is 16.5. The van der Waals surface area contributed by atoms with E-state index in [1.54, 1.807) is 0 Å². The number of aryl methyl sites for hydroxylation is 1. The Kier molecular flexibility index (Phi) is 7.25. The Labute approximate surface area is 129 Å². The van der Waals surface area contributed by atoms with E-state index >= 15 is 0 Å². The van der Waals surface area contributed by atoms with Crippen molar-refractivity contribution in [2.75, 3.05) is 19.8 Å². The average Bonchev–Trinajstić information content (AvgIpc) is 2.48. The van der Waals surface area contributed by atoms with Crippen LogP contribution in [-0.4, -0.2) is 25.4 Å². The van der Waals surface area contributed by atoms with E-state index in [9.17, 15) is 0 Å². The Morgan fingerprint density at radius 1 is 1.00 bits per heavy atom. The van der Waals surface area contributed by atoms with Gasteiger partial charge < -0.3 is 9.47 Å². The highest BCUT2D eigenvalue weighted by Gasteiger charge is 2.37. The van der Waals surface area contributed by atoms with Gasteiger partial charge in [-0.1, -0.05) is 43.2 Å². The van der Waals surface area contributed by atoms with Crippen LogP contribution in [0.1, 0.15) is 57.4 Å². The molecular formula is C19H30O2. The summed E-state index contributed by atoms with van der Waals surface area (Å²) >= 11 is 0. The fourth-order valence-electron chi connectivity index (χ4n) is 3.00. The number of ether oxygens (including phenoxy) is 2. The van der Waals surface area contributed by atoms with Gasteiger partial charge in [-0.25, -0.2) is 0 Å². The lowest BCUT2D eigenvalue weighted by Crippen LogP contribution is -2.44. The molecule has 0 unspecified atom stereocenters. The molecule has 0 N–H and O–H groups in total. The molecule has 0 radical (unpaired) electrons. The smallest absolute Gasteiger partial charge is 0.0914 e. The van der Waals surface area contributed by atoms with Crippen LogP contribution in [0, 0.1) is 0 Å². The van der Waals surface area contributed by atoms with Crippen molar-refractivity contribution >= 4 is 0 Å². The molecule has 0 amide bonds. The predicted molar refractivity (Wildman–Crippen MR) is 87.6 cm³/mol. The summed E-state index contributed by atoms with van der Waals surface area (Å²) in [5, 5.41) is 0. The third-order valence-corrected chi connectivity index (χ3v) is 4.43. The molecule has 0 heterocycles. The van der Waals surface area contributed by atoms with Gasteiger partial charge in [-0.15, -0.1) is 0 Å². The number of hydrogen-bond acceptors (Lipinski definition) is 2. The number of rotatable bonds is 11. The molecule has 1 fully saturated rings. The fourth-order valence-corrected chi connectivity index (χ4v) is 3.00. The highest BCUT2D eigenvalue weighted by molar-refractivity contribution is 5.14. The molecule has 2 rings (SSSR count). The van der Waals surface area contributed by atoms with Crippen molar-refractivity contribution in [3.8, 4) is 0 Å². The van der Waals surface area contributed by atoms with Crippen LogP contribution in [0.4, 0.5) is 0 Å². The van der Waals surface area contributed by atoms with Crippen molar-refractivity contribution < 1.29 is 9.47 Å². The summed E-state index contributed by atoms with van der Waals surface area (Å²) in [6.07, 6.45) is 9.89. The standard InChI is InChI=1S/C19H30O2/c1-2-21-19(14-10-15-19)17-20-16-9-4-3-6-11-18-12-7-5-8-13-18/h5,7-8,12-13H,2-4,6,9-11,14-17H2,1H3. The van der Waals surface area contributed by atoms with Crippen LogP contribution in [0.3, 0.4) is 0 Å². The molecule has 0 spiro atoms. The molecule has 118 valence electrons. The molecule has 1 aromatic carbocycles. The van der Waals surface area contributed by atoms with Crippen LogP contribution in [0.2, 0.25) is 0 Å². The molecule has 2 nitrogen and oxygen atoms in total. The third kappa shape index (κ3) is 5.80. The van der Waals surface area contributed by atoms with Crippen LogP contribution in [0.15, 0.2) is 30.3 Å². The molecule has 1 aliphatic rings. The zero-order valence-corrected chi connectivity index (χ0v) is 13.5. The lowest BCUT2D eigenvalue weighted by molar-refractivity contribution is -0.138. The van der Waals surface area contributed by atoms with E-state index in [1.807, 2.05) is 0 Å². The zero-order valence-electron chi connectivity index (χ0n) is 13.5. The normalized spacial score (nSPS) is 16.6. The van der Waals surface area contributed by atoms with Gasteiger partial charge in [-0.2, -0.15) is 0 Å². The molecule has 0 bridgehead atoms. The Bertz CT molecular complexity index is 370. The van der Waals surface area contributed by atoms with Crippen molar-refractivity contribution in [3.63, 3.8) is 0 Å². The van der Waals surface area contributed by atoms with E-state index in [0.717, 1.165) is 19.8 Å². The molecule has 2 heteroatoms. The molecule has 0 saturated heterocycles. The first-order chi connectivity index (χ1) is 10.3. The van der Waals surface area contributed by atoms with Gasteiger partial charge in [-0.3, -0.25) is 0 Å². The maximum atomic E-state index is 5.83. The maximum absolute atomic E-state index is 5.83. The molecule has 0 aliphatic heterocycles. The maximum Gasteiger partial charge on any atom is 0.0914 e. The topological polar surface area (TPSA) is 18.5 Å². The second kappa shape index (κ2) is 9.22. The van der Waals surface area contributed by atoms with E-state index < -0.39 is 0 Å². The summed E-state index contributed by atoms with van der Waals surface area (Å²) in [6, 6.07) is 10.8. The summed E-state index contributed by atoms with van der Waals surface area (Å²) in [7, 11) is 0. The van der Waals surface area contributed by atoms with E-state index in [1.165, 1.54) is 56.9 Å². The van der Waals surface area contributed by atoms with Crippen LogP contribution in [-0.2, 0) is 15.9 Å². The van der Waals surface area contributed by atoms with Crippen molar-refractivity contribution in [1.29, 1.82) is 0 Å². The van der Waals surface area contributed by atoms with Crippen LogP contribution in [0.25, 0.3) is 0 Å². The van der Waals surface area contributed by atoms with E-state index in [4.69, 9.17) is 9.47 Å². The van der Waals surface area contributed by atoms with Gasteiger partial charge in [0.25, 0.3) is 0 Å². The quantitative estimate of drug-likeness (QED) is 0.547. The van der Waals surface area contributed by atoms with Gasteiger partial charge in [0, 0.05) is 13.2 Å². The largest absolute Gasteiger partial charge is 0.378 e. The predicted octanol–water partition coefficient (Wildman–Crippen LogP) is 4.77.